The number of benzene rings is 2. The summed E-state index contributed by atoms with van der Waals surface area (Å²) in [4.78, 5) is 25.3. The molecule has 1 aliphatic rings. The maximum absolute atomic E-state index is 12.0. The number of carbonyl (C=O) groups excluding carboxylic acids is 2. The van der Waals surface area contributed by atoms with E-state index < -0.39 is 0 Å². The zero-order valence-corrected chi connectivity index (χ0v) is 13.6. The van der Waals surface area contributed by atoms with E-state index in [-0.39, 0.29) is 12.1 Å². The molecule has 2 aromatic carbocycles. The monoisotopic (exact) mass is 344 g/mol. The van der Waals surface area contributed by atoms with E-state index >= 15 is 0 Å². The number of nitrogens with one attached hydrogen (secondary N) is 3. The predicted octanol–water partition coefficient (Wildman–Crippen LogP) is 3.19. The minimum absolute atomic E-state index is 0.126. The molecule has 2 aromatic rings. The average Bonchev–Trinajstić information content (AvgIpc) is 3.01. The fourth-order valence-corrected chi connectivity index (χ4v) is 2.56. The first-order valence-electron chi connectivity index (χ1n) is 7.56. The fraction of sp³-hybridized carbons (Fsp3) is 0.176. The van der Waals surface area contributed by atoms with Crippen LogP contribution in [0.2, 0.25) is 5.02 Å². The number of anilines is 2. The molecule has 124 valence electrons. The van der Waals surface area contributed by atoms with Crippen LogP contribution in [0.5, 0.6) is 0 Å². The molecular formula is C17H17ClN4O2. The third kappa shape index (κ3) is 3.97. The zero-order valence-electron chi connectivity index (χ0n) is 12.9. The summed E-state index contributed by atoms with van der Waals surface area (Å²) in [5.74, 6) is 0. The molecule has 0 saturated carbocycles. The molecule has 7 heteroatoms. The van der Waals surface area contributed by atoms with Gasteiger partial charge in [-0.25, -0.2) is 9.59 Å². The van der Waals surface area contributed by atoms with Crippen LogP contribution in [-0.2, 0) is 6.54 Å². The summed E-state index contributed by atoms with van der Waals surface area (Å²) in [7, 11) is 0. The van der Waals surface area contributed by atoms with E-state index in [2.05, 4.69) is 16.0 Å². The van der Waals surface area contributed by atoms with Crippen molar-refractivity contribution < 1.29 is 9.59 Å². The van der Waals surface area contributed by atoms with Crippen molar-refractivity contribution in [3.8, 4) is 0 Å². The summed E-state index contributed by atoms with van der Waals surface area (Å²) in [5, 5.41) is 8.95. The van der Waals surface area contributed by atoms with Crippen LogP contribution in [0.1, 0.15) is 5.56 Å². The van der Waals surface area contributed by atoms with Crippen molar-refractivity contribution in [1.82, 2.24) is 10.6 Å². The lowest BCUT2D eigenvalue weighted by molar-refractivity contribution is 0.251. The molecule has 0 unspecified atom stereocenters. The third-order valence-corrected chi connectivity index (χ3v) is 3.89. The zero-order chi connectivity index (χ0) is 16.9. The molecule has 1 aliphatic heterocycles. The largest absolute Gasteiger partial charge is 0.336 e. The number of hydrogen-bond donors (Lipinski definition) is 3. The Morgan fingerprint density at radius 1 is 1.21 bits per heavy atom. The molecule has 0 spiro atoms. The normalized spacial score (nSPS) is 13.5. The maximum Gasteiger partial charge on any atom is 0.321 e. The molecule has 0 atom stereocenters. The molecule has 0 aromatic heterocycles. The first-order chi connectivity index (χ1) is 11.6. The quantitative estimate of drug-likeness (QED) is 0.797. The van der Waals surface area contributed by atoms with Gasteiger partial charge < -0.3 is 16.0 Å². The predicted molar refractivity (Wildman–Crippen MR) is 94.5 cm³/mol. The molecule has 4 amide bonds. The van der Waals surface area contributed by atoms with Gasteiger partial charge in [0.25, 0.3) is 0 Å². The van der Waals surface area contributed by atoms with Gasteiger partial charge in [0.1, 0.15) is 0 Å². The van der Waals surface area contributed by atoms with Crippen molar-refractivity contribution in [3.05, 3.63) is 59.1 Å². The van der Waals surface area contributed by atoms with Crippen molar-refractivity contribution >= 4 is 35.0 Å². The van der Waals surface area contributed by atoms with E-state index in [1.165, 1.54) is 0 Å². The van der Waals surface area contributed by atoms with Crippen LogP contribution < -0.4 is 20.9 Å². The van der Waals surface area contributed by atoms with Crippen molar-refractivity contribution in [3.63, 3.8) is 0 Å². The second kappa shape index (κ2) is 7.23. The minimum Gasteiger partial charge on any atom is -0.336 e. The van der Waals surface area contributed by atoms with Gasteiger partial charge in [0, 0.05) is 36.0 Å². The van der Waals surface area contributed by atoms with Crippen molar-refractivity contribution in [2.24, 2.45) is 0 Å². The number of amides is 4. The van der Waals surface area contributed by atoms with Gasteiger partial charge in [-0.3, -0.25) is 4.90 Å². The SMILES string of the molecule is O=C(NCc1ccc(Cl)cc1)Nc1cccc(N2CCNC2=O)c1. The molecule has 1 saturated heterocycles. The van der Waals surface area contributed by atoms with Crippen LogP contribution in [0.4, 0.5) is 21.0 Å². The van der Waals surface area contributed by atoms with E-state index in [4.69, 9.17) is 11.6 Å². The van der Waals surface area contributed by atoms with E-state index in [0.717, 1.165) is 11.3 Å². The summed E-state index contributed by atoms with van der Waals surface area (Å²) < 4.78 is 0. The molecule has 1 heterocycles. The minimum atomic E-state index is -0.312. The van der Waals surface area contributed by atoms with E-state index in [0.29, 0.717) is 30.3 Å². The van der Waals surface area contributed by atoms with Crippen molar-refractivity contribution in [2.75, 3.05) is 23.3 Å². The standard InChI is InChI=1S/C17H17ClN4O2/c18-13-6-4-12(5-7-13)11-20-16(23)21-14-2-1-3-15(10-14)22-9-8-19-17(22)24/h1-7,10H,8-9,11H2,(H,19,24)(H2,20,21,23). The van der Waals surface area contributed by atoms with Crippen LogP contribution in [0.25, 0.3) is 0 Å². The Hall–Kier alpha value is -2.73. The van der Waals surface area contributed by atoms with Crippen LogP contribution >= 0.6 is 11.6 Å². The lowest BCUT2D eigenvalue weighted by atomic mass is 10.2. The second-order valence-electron chi connectivity index (χ2n) is 5.37. The number of urea groups is 2. The van der Waals surface area contributed by atoms with Gasteiger partial charge in [-0.2, -0.15) is 0 Å². The summed E-state index contributed by atoms with van der Waals surface area (Å²) in [5.41, 5.74) is 2.33. The molecule has 1 fully saturated rings. The van der Waals surface area contributed by atoms with Gasteiger partial charge in [-0.1, -0.05) is 29.8 Å². The highest BCUT2D eigenvalue weighted by molar-refractivity contribution is 6.30. The highest BCUT2D eigenvalue weighted by Crippen LogP contribution is 2.21. The van der Waals surface area contributed by atoms with Gasteiger partial charge in [0.05, 0.1) is 0 Å². The Labute approximate surface area is 144 Å². The van der Waals surface area contributed by atoms with E-state index in [1.54, 1.807) is 35.2 Å². The smallest absolute Gasteiger partial charge is 0.321 e. The molecule has 6 nitrogen and oxygen atoms in total. The highest BCUT2D eigenvalue weighted by atomic mass is 35.5. The molecule has 0 radical (unpaired) electrons. The Balaban J connectivity index is 1.58. The lowest BCUT2D eigenvalue weighted by Gasteiger charge is -2.15. The fourth-order valence-electron chi connectivity index (χ4n) is 2.43. The van der Waals surface area contributed by atoms with Gasteiger partial charge in [-0.05, 0) is 35.9 Å². The number of rotatable bonds is 4. The van der Waals surface area contributed by atoms with Crippen LogP contribution in [0, 0.1) is 0 Å². The van der Waals surface area contributed by atoms with E-state index in [9.17, 15) is 9.59 Å². The first-order valence-corrected chi connectivity index (χ1v) is 7.94. The van der Waals surface area contributed by atoms with Crippen LogP contribution in [0.15, 0.2) is 48.5 Å². The summed E-state index contributed by atoms with van der Waals surface area (Å²) >= 11 is 5.83. The van der Waals surface area contributed by atoms with Crippen molar-refractivity contribution in [1.29, 1.82) is 0 Å². The number of halogens is 1. The summed E-state index contributed by atoms with van der Waals surface area (Å²) in [6, 6.07) is 14.0. The molecule has 0 bridgehead atoms. The topological polar surface area (TPSA) is 73.5 Å². The molecular weight excluding hydrogens is 328 g/mol. The highest BCUT2D eigenvalue weighted by Gasteiger charge is 2.21. The Bertz CT molecular complexity index is 749. The molecule has 3 rings (SSSR count). The van der Waals surface area contributed by atoms with Gasteiger partial charge in [0.2, 0.25) is 0 Å². The lowest BCUT2D eigenvalue weighted by Crippen LogP contribution is -2.29. The van der Waals surface area contributed by atoms with Crippen LogP contribution in [0.3, 0.4) is 0 Å². The molecule has 0 aliphatic carbocycles. The summed E-state index contributed by atoms with van der Waals surface area (Å²) in [6.07, 6.45) is 0. The Morgan fingerprint density at radius 2 is 2.00 bits per heavy atom. The average molecular weight is 345 g/mol. The Kier molecular flexibility index (Phi) is 4.86. The number of hydrogen-bond acceptors (Lipinski definition) is 2. The molecule has 24 heavy (non-hydrogen) atoms. The first kappa shape index (κ1) is 16.1. The van der Waals surface area contributed by atoms with Gasteiger partial charge >= 0.3 is 12.1 Å². The number of nitrogens with zero attached hydrogens (tertiary/aromatic N) is 1. The Morgan fingerprint density at radius 3 is 2.71 bits per heavy atom. The van der Waals surface area contributed by atoms with Crippen LogP contribution in [-0.4, -0.2) is 25.2 Å². The third-order valence-electron chi connectivity index (χ3n) is 3.64. The van der Waals surface area contributed by atoms with Crippen molar-refractivity contribution in [2.45, 2.75) is 6.54 Å². The second-order valence-corrected chi connectivity index (χ2v) is 5.80. The maximum atomic E-state index is 12.0. The van der Waals surface area contributed by atoms with Gasteiger partial charge in [0.15, 0.2) is 0 Å². The number of carbonyl (C=O) groups is 2. The summed E-state index contributed by atoms with van der Waals surface area (Å²) in [6.45, 7) is 1.64. The van der Waals surface area contributed by atoms with E-state index in [1.807, 2.05) is 18.2 Å². The van der Waals surface area contributed by atoms with Gasteiger partial charge in [-0.15, -0.1) is 0 Å². The molecule has 3 N–H and O–H groups in total.